The fraction of sp³-hybridized carbons (Fsp3) is 0.464. The van der Waals surface area contributed by atoms with E-state index >= 15 is 0 Å². The summed E-state index contributed by atoms with van der Waals surface area (Å²) < 4.78 is 5.87. The molecule has 2 amide bonds. The maximum Gasteiger partial charge on any atom is 0.407 e. The van der Waals surface area contributed by atoms with Crippen molar-refractivity contribution in [3.63, 3.8) is 0 Å². The number of nitrogens with one attached hydrogen (secondary N) is 2. The summed E-state index contributed by atoms with van der Waals surface area (Å²) in [6, 6.07) is 12.0. The first-order valence-corrected chi connectivity index (χ1v) is 13.6. The number of methoxy groups -OCH3 is 1. The van der Waals surface area contributed by atoms with Crippen LogP contribution in [0.5, 0.6) is 0 Å². The molecule has 4 atom stereocenters. The zero-order valence-corrected chi connectivity index (χ0v) is 22.5. The van der Waals surface area contributed by atoms with E-state index in [1.165, 1.54) is 18.9 Å². The van der Waals surface area contributed by atoms with Gasteiger partial charge in [-0.05, 0) is 60.1 Å². The van der Waals surface area contributed by atoms with Crippen molar-refractivity contribution in [1.29, 1.82) is 0 Å². The predicted octanol–water partition coefficient (Wildman–Crippen LogP) is 6.21. The van der Waals surface area contributed by atoms with Crippen LogP contribution in [0.1, 0.15) is 57.8 Å². The molecule has 1 saturated carbocycles. The molecule has 2 heterocycles. The molecule has 36 heavy (non-hydrogen) atoms. The zero-order valence-electron chi connectivity index (χ0n) is 21.0. The molecule has 1 aliphatic heterocycles. The van der Waals surface area contributed by atoms with E-state index in [1.807, 2.05) is 31.0 Å². The minimum absolute atomic E-state index is 0.0518. The minimum atomic E-state index is -0.644. The number of aromatic amines is 1. The number of carbonyl (C=O) groups excluding carboxylic acids is 2. The summed E-state index contributed by atoms with van der Waals surface area (Å²) in [6.07, 6.45) is 6.59. The Morgan fingerprint density at radius 1 is 1.14 bits per heavy atom. The number of nitrogens with zero attached hydrogens (tertiary/aromatic N) is 2. The first kappa shape index (κ1) is 24.8. The largest absolute Gasteiger partial charge is 0.453 e. The summed E-state index contributed by atoms with van der Waals surface area (Å²) >= 11 is 3.54. The smallest absolute Gasteiger partial charge is 0.407 e. The molecule has 8 heteroatoms. The van der Waals surface area contributed by atoms with Gasteiger partial charge in [0.05, 0.1) is 25.0 Å². The van der Waals surface area contributed by atoms with Gasteiger partial charge in [-0.3, -0.25) is 4.79 Å². The third kappa shape index (κ3) is 4.75. The lowest BCUT2D eigenvalue weighted by molar-refractivity contribution is -0.138. The fourth-order valence-electron chi connectivity index (χ4n) is 5.92. The van der Waals surface area contributed by atoms with Crippen LogP contribution in [0.4, 0.5) is 4.79 Å². The van der Waals surface area contributed by atoms with Crippen molar-refractivity contribution in [2.75, 3.05) is 7.11 Å². The third-order valence-electron chi connectivity index (χ3n) is 7.76. The van der Waals surface area contributed by atoms with Crippen molar-refractivity contribution in [2.24, 2.45) is 11.8 Å². The predicted molar refractivity (Wildman–Crippen MR) is 143 cm³/mol. The van der Waals surface area contributed by atoms with Crippen molar-refractivity contribution in [3.05, 3.63) is 52.9 Å². The average molecular weight is 554 g/mol. The van der Waals surface area contributed by atoms with Gasteiger partial charge in [-0.2, -0.15) is 0 Å². The highest BCUT2D eigenvalue weighted by Crippen LogP contribution is 2.46. The molecular formula is C28H33BrN4O3. The lowest BCUT2D eigenvalue weighted by atomic mass is 9.84. The highest BCUT2D eigenvalue weighted by Gasteiger charge is 2.48. The van der Waals surface area contributed by atoms with E-state index in [9.17, 15) is 9.59 Å². The van der Waals surface area contributed by atoms with E-state index < -0.39 is 12.1 Å². The first-order valence-electron chi connectivity index (χ1n) is 12.8. The molecule has 2 aliphatic rings. The summed E-state index contributed by atoms with van der Waals surface area (Å²) in [6.45, 7) is 3.90. The maximum atomic E-state index is 13.9. The van der Waals surface area contributed by atoms with Gasteiger partial charge in [0.15, 0.2) is 0 Å². The van der Waals surface area contributed by atoms with E-state index in [4.69, 9.17) is 9.72 Å². The first-order chi connectivity index (χ1) is 17.4. The van der Waals surface area contributed by atoms with Crippen molar-refractivity contribution in [1.82, 2.24) is 20.2 Å². The van der Waals surface area contributed by atoms with Gasteiger partial charge >= 0.3 is 6.09 Å². The molecule has 1 aromatic heterocycles. The number of imidazole rings is 1. The monoisotopic (exact) mass is 552 g/mol. The van der Waals surface area contributed by atoms with Crippen LogP contribution >= 0.6 is 15.9 Å². The number of fused-ring (bicyclic) bond motifs is 2. The summed E-state index contributed by atoms with van der Waals surface area (Å²) in [5.41, 5.74) is 1.99. The molecule has 2 N–H and O–H groups in total. The van der Waals surface area contributed by atoms with Crippen LogP contribution < -0.4 is 5.32 Å². The fourth-order valence-corrected chi connectivity index (χ4v) is 6.30. The summed E-state index contributed by atoms with van der Waals surface area (Å²) in [5, 5.41) is 5.10. The number of halogens is 1. The number of rotatable bonds is 5. The summed E-state index contributed by atoms with van der Waals surface area (Å²) in [4.78, 5) is 36.3. The van der Waals surface area contributed by atoms with E-state index in [0.29, 0.717) is 5.92 Å². The van der Waals surface area contributed by atoms with Crippen LogP contribution in [0.25, 0.3) is 22.0 Å². The third-order valence-corrected chi connectivity index (χ3v) is 8.25. The topological polar surface area (TPSA) is 87.3 Å². The minimum Gasteiger partial charge on any atom is -0.453 e. The molecule has 2 fully saturated rings. The van der Waals surface area contributed by atoms with Gasteiger partial charge in [-0.25, -0.2) is 9.78 Å². The maximum absolute atomic E-state index is 13.9. The number of H-pyrrole nitrogens is 1. The molecular weight excluding hydrogens is 520 g/mol. The molecule has 3 aromatic rings. The molecule has 0 radical (unpaired) electrons. The summed E-state index contributed by atoms with van der Waals surface area (Å²) in [7, 11) is 1.32. The van der Waals surface area contributed by atoms with Gasteiger partial charge in [0.1, 0.15) is 11.9 Å². The van der Waals surface area contributed by atoms with E-state index in [0.717, 1.165) is 52.6 Å². The highest BCUT2D eigenvalue weighted by molar-refractivity contribution is 9.10. The second-order valence-electron chi connectivity index (χ2n) is 10.4. The number of hydrogen-bond donors (Lipinski definition) is 2. The molecule has 5 rings (SSSR count). The Hall–Kier alpha value is -2.87. The normalized spacial score (nSPS) is 22.5. The molecule has 1 unspecified atom stereocenters. The van der Waals surface area contributed by atoms with Crippen LogP contribution in [-0.2, 0) is 9.53 Å². The van der Waals surface area contributed by atoms with Crippen molar-refractivity contribution >= 4 is 38.7 Å². The SMILES string of the molecule is COC(=O)N[C@H](C(=O)N1[C@H](c2ncc(-c3ccc4cc(Br)ccc4c3)[nH]2)CC2CCCC[C@@H]21)C(C)C. The molecule has 190 valence electrons. The second kappa shape index (κ2) is 10.2. The number of ether oxygens (including phenoxy) is 1. The molecule has 1 aliphatic carbocycles. The Labute approximate surface area is 220 Å². The van der Waals surface area contributed by atoms with E-state index in [1.54, 1.807) is 0 Å². The number of carbonyl (C=O) groups is 2. The number of aromatic nitrogens is 2. The Bertz CT molecular complexity index is 1270. The second-order valence-corrected chi connectivity index (χ2v) is 11.3. The van der Waals surface area contributed by atoms with Crippen LogP contribution in [-0.4, -0.2) is 46.1 Å². The van der Waals surface area contributed by atoms with Crippen molar-refractivity contribution < 1.29 is 14.3 Å². The Morgan fingerprint density at radius 2 is 1.89 bits per heavy atom. The van der Waals surface area contributed by atoms with Crippen LogP contribution in [0.15, 0.2) is 47.1 Å². The lowest BCUT2D eigenvalue weighted by Crippen LogP contribution is -2.53. The van der Waals surface area contributed by atoms with Crippen LogP contribution in [0, 0.1) is 11.8 Å². The number of likely N-dealkylation sites (tertiary alicyclic amines) is 1. The molecule has 0 spiro atoms. The zero-order chi connectivity index (χ0) is 25.4. The summed E-state index contributed by atoms with van der Waals surface area (Å²) in [5.74, 6) is 1.14. The van der Waals surface area contributed by atoms with Gasteiger partial charge in [-0.1, -0.05) is 60.8 Å². The van der Waals surface area contributed by atoms with Gasteiger partial charge in [0.2, 0.25) is 5.91 Å². The quantitative estimate of drug-likeness (QED) is 0.394. The van der Waals surface area contributed by atoms with Gasteiger partial charge in [-0.15, -0.1) is 0 Å². The van der Waals surface area contributed by atoms with E-state index in [2.05, 4.69) is 56.6 Å². The van der Waals surface area contributed by atoms with Crippen LogP contribution in [0.2, 0.25) is 0 Å². The Morgan fingerprint density at radius 3 is 2.67 bits per heavy atom. The molecule has 7 nitrogen and oxygen atoms in total. The van der Waals surface area contributed by atoms with Crippen molar-refractivity contribution in [2.45, 2.75) is 64.1 Å². The van der Waals surface area contributed by atoms with Gasteiger partial charge < -0.3 is 19.9 Å². The number of alkyl carbamates (subject to hydrolysis) is 1. The highest BCUT2D eigenvalue weighted by atomic mass is 79.9. The van der Waals surface area contributed by atoms with Crippen LogP contribution in [0.3, 0.4) is 0 Å². The van der Waals surface area contributed by atoms with Gasteiger partial charge in [0, 0.05) is 16.1 Å². The van der Waals surface area contributed by atoms with Crippen molar-refractivity contribution in [3.8, 4) is 11.3 Å². The number of hydrogen-bond acceptors (Lipinski definition) is 4. The van der Waals surface area contributed by atoms with Gasteiger partial charge in [0.25, 0.3) is 0 Å². The average Bonchev–Trinajstić information content (AvgIpc) is 3.51. The van der Waals surface area contributed by atoms with E-state index in [-0.39, 0.29) is 23.9 Å². The number of benzene rings is 2. The lowest BCUT2D eigenvalue weighted by Gasteiger charge is -2.36. The standard InChI is InChI=1S/C28H33BrN4O3/c1-16(2)25(32-28(35)36-3)27(34)33-23-7-5-4-6-20(23)14-24(33)26-30-15-22(31-26)19-9-8-18-13-21(29)11-10-17(18)12-19/h8-13,15-16,20,23-25H,4-7,14H2,1-3H3,(H,30,31)(H,32,35)/t20?,23-,24-,25-/m0/s1. The Kier molecular flexibility index (Phi) is 7.06. The Balaban J connectivity index is 1.46. The molecule has 2 aromatic carbocycles. The molecule has 1 saturated heterocycles. The molecule has 0 bridgehead atoms. The number of amides is 2.